The van der Waals surface area contributed by atoms with Crippen molar-refractivity contribution in [3.05, 3.63) is 30.2 Å². The molecule has 1 aliphatic rings. The molecule has 1 aromatic carbocycles. The van der Waals surface area contributed by atoms with Crippen LogP contribution in [-0.4, -0.2) is 91.0 Å². The maximum Gasteiger partial charge on any atom is 0.285 e. The highest BCUT2D eigenvalue weighted by Gasteiger charge is 2.46. The number of hydrogen-bond acceptors (Lipinski definition) is 8. The van der Waals surface area contributed by atoms with Crippen molar-refractivity contribution >= 4 is 28.4 Å². The number of ether oxygens (including phenoxy) is 1. The van der Waals surface area contributed by atoms with Gasteiger partial charge in [-0.2, -0.15) is 4.98 Å². The number of aromatic nitrogens is 6. The summed E-state index contributed by atoms with van der Waals surface area (Å²) in [6.45, 7) is -0.755. The molecule has 0 unspecified atom stereocenters. The van der Waals surface area contributed by atoms with E-state index in [-0.39, 0.29) is 35.9 Å². The van der Waals surface area contributed by atoms with E-state index >= 15 is 4.39 Å². The molecule has 0 aliphatic carbocycles. The Morgan fingerprint density at radius 1 is 1.37 bits per heavy atom. The molecule has 0 radical (unpaired) electrons. The minimum Gasteiger partial charge on any atom is -0.479 e. The number of anilines is 1. The highest BCUT2D eigenvalue weighted by Crippen LogP contribution is 2.36. The van der Waals surface area contributed by atoms with Gasteiger partial charge < -0.3 is 20.1 Å². The van der Waals surface area contributed by atoms with Crippen molar-refractivity contribution < 1.29 is 32.2 Å². The second kappa shape index (κ2) is 9.70. The number of amides is 1. The highest BCUT2D eigenvalue weighted by molar-refractivity contribution is 5.90. The number of piperidine rings is 1. The van der Waals surface area contributed by atoms with Crippen molar-refractivity contribution in [1.82, 2.24) is 34.5 Å². The fourth-order valence-corrected chi connectivity index (χ4v) is 4.57. The van der Waals surface area contributed by atoms with Crippen LogP contribution in [-0.2, 0) is 4.79 Å². The van der Waals surface area contributed by atoms with Crippen molar-refractivity contribution in [3.63, 3.8) is 0 Å². The summed E-state index contributed by atoms with van der Waals surface area (Å²) in [6, 6.07) is 2.87. The number of aliphatic hydroxyl groups is 1. The molecule has 11 nitrogen and oxygen atoms in total. The first-order valence-corrected chi connectivity index (χ1v) is 11.7. The second-order valence-electron chi connectivity index (χ2n) is 9.05. The van der Waals surface area contributed by atoms with E-state index in [1.807, 2.05) is 0 Å². The van der Waals surface area contributed by atoms with E-state index in [4.69, 9.17) is 9.84 Å². The predicted molar refractivity (Wildman–Crippen MR) is 127 cm³/mol. The van der Waals surface area contributed by atoms with Crippen LogP contribution >= 0.6 is 0 Å². The molecule has 1 saturated heterocycles. The second-order valence-corrected chi connectivity index (χ2v) is 9.05. The predicted octanol–water partition coefficient (Wildman–Crippen LogP) is 2.46. The Hall–Kier alpha value is -4.01. The lowest BCUT2D eigenvalue weighted by atomic mass is 10.0. The number of rotatable bonds is 7. The molecule has 0 spiro atoms. The van der Waals surface area contributed by atoms with Crippen LogP contribution in [0.25, 0.3) is 27.7 Å². The van der Waals surface area contributed by atoms with Gasteiger partial charge in [0.2, 0.25) is 17.7 Å². The van der Waals surface area contributed by atoms with Gasteiger partial charge in [-0.3, -0.25) is 4.79 Å². The number of carbonyl (C=O) groups excluding carboxylic acids is 1. The first kappa shape index (κ1) is 25.6. The Labute approximate surface area is 213 Å². The molecular weight excluding hydrogens is 512 g/mol. The number of fused-ring (bicyclic) bond motifs is 2. The SMILES string of the molecule is COc1nc(N[C@@H]2CCN(C(=O)CO)CC2(F)F)nn2cc(F)c(-c3ccc4nnn([C@H](C)CF)c4c3)c12. The summed E-state index contributed by atoms with van der Waals surface area (Å²) in [6.07, 6.45) is 0.942. The molecule has 5 rings (SSSR count). The van der Waals surface area contributed by atoms with Crippen molar-refractivity contribution in [2.24, 2.45) is 0 Å². The van der Waals surface area contributed by atoms with E-state index in [1.54, 1.807) is 25.1 Å². The molecule has 4 heterocycles. The normalized spacial score (nSPS) is 18.2. The third kappa shape index (κ3) is 4.36. The van der Waals surface area contributed by atoms with Gasteiger partial charge in [0.25, 0.3) is 5.92 Å². The number of methoxy groups -OCH3 is 1. The van der Waals surface area contributed by atoms with Crippen LogP contribution in [0.2, 0.25) is 0 Å². The number of likely N-dealkylation sites (tertiary alicyclic amines) is 1. The maximum atomic E-state index is 15.3. The molecule has 0 bridgehead atoms. The number of benzene rings is 1. The fraction of sp³-hybridized carbons (Fsp3) is 0.435. The zero-order valence-electron chi connectivity index (χ0n) is 20.4. The van der Waals surface area contributed by atoms with Crippen LogP contribution in [0.5, 0.6) is 5.88 Å². The maximum absolute atomic E-state index is 15.3. The Kier molecular flexibility index (Phi) is 6.54. The molecule has 0 saturated carbocycles. The van der Waals surface area contributed by atoms with Gasteiger partial charge in [0.05, 0.1) is 43.0 Å². The Balaban J connectivity index is 1.51. The molecule has 2 N–H and O–H groups in total. The van der Waals surface area contributed by atoms with Gasteiger partial charge in [0.15, 0.2) is 5.82 Å². The van der Waals surface area contributed by atoms with E-state index < -0.39 is 49.6 Å². The van der Waals surface area contributed by atoms with Gasteiger partial charge in [-0.1, -0.05) is 11.3 Å². The molecule has 2 atom stereocenters. The molecule has 1 amide bonds. The Bertz CT molecular complexity index is 1510. The summed E-state index contributed by atoms with van der Waals surface area (Å²) >= 11 is 0. The van der Waals surface area contributed by atoms with Crippen LogP contribution in [0.1, 0.15) is 19.4 Å². The average Bonchev–Trinajstić information content (AvgIpc) is 3.47. The first-order valence-electron chi connectivity index (χ1n) is 11.7. The van der Waals surface area contributed by atoms with E-state index in [2.05, 4.69) is 25.7 Å². The molecule has 38 heavy (non-hydrogen) atoms. The molecule has 1 aliphatic heterocycles. The minimum atomic E-state index is -3.34. The zero-order chi connectivity index (χ0) is 27.2. The van der Waals surface area contributed by atoms with Gasteiger partial charge >= 0.3 is 0 Å². The monoisotopic (exact) mass is 536 g/mol. The summed E-state index contributed by atoms with van der Waals surface area (Å²) < 4.78 is 66.0. The molecule has 3 aromatic heterocycles. The summed E-state index contributed by atoms with van der Waals surface area (Å²) in [5, 5.41) is 23.7. The number of carbonyl (C=O) groups is 1. The smallest absolute Gasteiger partial charge is 0.285 e. The summed E-state index contributed by atoms with van der Waals surface area (Å²) in [4.78, 5) is 16.7. The number of hydrogen-bond donors (Lipinski definition) is 2. The van der Waals surface area contributed by atoms with Crippen molar-refractivity contribution in [2.45, 2.75) is 31.4 Å². The van der Waals surface area contributed by atoms with Gasteiger partial charge in [-0.25, -0.2) is 26.8 Å². The third-order valence-corrected chi connectivity index (χ3v) is 6.54. The van der Waals surface area contributed by atoms with E-state index in [9.17, 15) is 18.0 Å². The largest absolute Gasteiger partial charge is 0.479 e. The van der Waals surface area contributed by atoms with Crippen molar-refractivity contribution in [3.8, 4) is 17.0 Å². The zero-order valence-corrected chi connectivity index (χ0v) is 20.4. The van der Waals surface area contributed by atoms with E-state index in [0.717, 1.165) is 15.6 Å². The quantitative estimate of drug-likeness (QED) is 0.346. The van der Waals surface area contributed by atoms with Crippen LogP contribution in [0.4, 0.5) is 23.5 Å². The van der Waals surface area contributed by atoms with Crippen LogP contribution in [0.3, 0.4) is 0 Å². The summed E-state index contributed by atoms with van der Waals surface area (Å²) in [5.41, 5.74) is 1.65. The third-order valence-electron chi connectivity index (χ3n) is 6.54. The van der Waals surface area contributed by atoms with Gasteiger partial charge in [-0.15, -0.1) is 10.2 Å². The fourth-order valence-electron chi connectivity index (χ4n) is 4.57. The number of nitrogens with zero attached hydrogens (tertiary/aromatic N) is 7. The number of aliphatic hydroxyl groups excluding tert-OH is 1. The van der Waals surface area contributed by atoms with Gasteiger partial charge in [0, 0.05) is 6.54 Å². The Morgan fingerprint density at radius 3 is 2.84 bits per heavy atom. The van der Waals surface area contributed by atoms with Crippen molar-refractivity contribution in [1.29, 1.82) is 0 Å². The average molecular weight is 536 g/mol. The van der Waals surface area contributed by atoms with Crippen LogP contribution in [0, 0.1) is 5.82 Å². The summed E-state index contributed by atoms with van der Waals surface area (Å²) in [5.74, 6) is -5.09. The van der Waals surface area contributed by atoms with E-state index in [1.165, 1.54) is 11.8 Å². The number of halogens is 4. The number of nitrogens with one attached hydrogen (secondary N) is 1. The van der Waals surface area contributed by atoms with Crippen LogP contribution in [0.15, 0.2) is 24.4 Å². The minimum absolute atomic E-state index is 0.00324. The van der Waals surface area contributed by atoms with E-state index in [0.29, 0.717) is 16.6 Å². The first-order chi connectivity index (χ1) is 18.2. The lowest BCUT2D eigenvalue weighted by Crippen LogP contribution is -2.56. The topological polar surface area (TPSA) is 123 Å². The van der Waals surface area contributed by atoms with Gasteiger partial charge in [-0.05, 0) is 31.0 Å². The van der Waals surface area contributed by atoms with Gasteiger partial charge in [0.1, 0.15) is 24.3 Å². The Morgan fingerprint density at radius 2 is 2.16 bits per heavy atom. The molecule has 4 aromatic rings. The standard InChI is InChI=1S/C23H24F4N8O3/c1-12(8-24)35-16-7-13(3-4-15(16)30-32-35)19-14(25)9-34-20(19)21(38-2)29-22(31-34)28-17-5-6-33(18(37)10-36)11-23(17,26)27/h3-4,7,9,12,17,36H,5-6,8,10-11H2,1-2H3,(H,28,31)/t12-,17-/m1/s1. The molecular formula is C23H24F4N8O3. The molecule has 1 fully saturated rings. The summed E-state index contributed by atoms with van der Waals surface area (Å²) in [7, 11) is 1.31. The lowest BCUT2D eigenvalue weighted by Gasteiger charge is -2.38. The lowest BCUT2D eigenvalue weighted by molar-refractivity contribution is -0.145. The molecule has 202 valence electrons. The van der Waals surface area contributed by atoms with Crippen LogP contribution < -0.4 is 10.1 Å². The van der Waals surface area contributed by atoms with Crippen molar-refractivity contribution in [2.75, 3.05) is 38.8 Å². The number of alkyl halides is 3. The highest BCUT2D eigenvalue weighted by atomic mass is 19.3. The molecule has 15 heteroatoms.